The minimum atomic E-state index is -0.633. The number of rotatable bonds is 7. The molecule has 152 valence electrons. The number of ether oxygens (including phenoxy) is 1. The molecule has 1 amide bonds. The molecule has 0 N–H and O–H groups in total. The third-order valence-corrected chi connectivity index (χ3v) is 5.14. The molecule has 1 aromatic heterocycles. The van der Waals surface area contributed by atoms with Crippen LogP contribution in [0.15, 0.2) is 47.0 Å². The zero-order valence-electron chi connectivity index (χ0n) is 16.4. The summed E-state index contributed by atoms with van der Waals surface area (Å²) in [5, 5.41) is 5.14. The van der Waals surface area contributed by atoms with Crippen molar-refractivity contribution in [3.63, 3.8) is 0 Å². The predicted molar refractivity (Wildman–Crippen MR) is 112 cm³/mol. The van der Waals surface area contributed by atoms with Gasteiger partial charge < -0.3 is 14.2 Å². The lowest BCUT2D eigenvalue weighted by atomic mass is 10.2. The maximum absolute atomic E-state index is 12.8. The summed E-state index contributed by atoms with van der Waals surface area (Å²) < 4.78 is 11.2. The Labute approximate surface area is 179 Å². The van der Waals surface area contributed by atoms with Crippen LogP contribution in [0, 0.1) is 6.92 Å². The van der Waals surface area contributed by atoms with Crippen molar-refractivity contribution >= 4 is 29.1 Å². The summed E-state index contributed by atoms with van der Waals surface area (Å²) in [5.74, 6) is 1.11. The fraction of sp³-hybridized carbons (Fsp3) is 0.286. The molecule has 2 aromatic carbocycles. The van der Waals surface area contributed by atoms with E-state index >= 15 is 0 Å². The molecule has 1 heterocycles. The Hall–Kier alpha value is -2.57. The highest BCUT2D eigenvalue weighted by molar-refractivity contribution is 6.33. The van der Waals surface area contributed by atoms with E-state index in [9.17, 15) is 4.79 Å². The number of hydrogen-bond donors (Lipinski definition) is 0. The van der Waals surface area contributed by atoms with Crippen molar-refractivity contribution in [2.45, 2.75) is 32.9 Å². The molecule has 0 aliphatic heterocycles. The quantitative estimate of drug-likeness (QED) is 0.513. The van der Waals surface area contributed by atoms with Gasteiger partial charge in [0, 0.05) is 17.6 Å². The first-order valence-electron chi connectivity index (χ1n) is 9.14. The standard InChI is InChI=1S/C21H21Cl2N3O3/c1-4-18(28-14-9-10-16(22)13(2)11-14)21(27)26(3)12-19-24-20(25-29-19)15-7-5-6-8-17(15)23/h5-11,18H,4,12H2,1-3H3. The monoisotopic (exact) mass is 433 g/mol. The molecule has 0 saturated heterocycles. The molecule has 29 heavy (non-hydrogen) atoms. The van der Waals surface area contributed by atoms with Gasteiger partial charge in [0.15, 0.2) is 6.10 Å². The van der Waals surface area contributed by atoms with E-state index in [-0.39, 0.29) is 12.5 Å². The van der Waals surface area contributed by atoms with Gasteiger partial charge in [0.1, 0.15) is 5.75 Å². The number of nitrogens with zero attached hydrogens (tertiary/aromatic N) is 3. The Balaban J connectivity index is 1.67. The number of aromatic nitrogens is 2. The SMILES string of the molecule is CCC(Oc1ccc(Cl)c(C)c1)C(=O)N(C)Cc1nc(-c2ccccc2Cl)no1. The topological polar surface area (TPSA) is 68.5 Å². The molecule has 3 aromatic rings. The van der Waals surface area contributed by atoms with Gasteiger partial charge >= 0.3 is 0 Å². The zero-order chi connectivity index (χ0) is 21.0. The Bertz CT molecular complexity index is 1010. The second kappa shape index (κ2) is 9.29. The molecule has 3 rings (SSSR count). The van der Waals surface area contributed by atoms with Gasteiger partial charge in [-0.25, -0.2) is 0 Å². The van der Waals surface area contributed by atoms with Gasteiger partial charge in [-0.05, 0) is 49.2 Å². The summed E-state index contributed by atoms with van der Waals surface area (Å²) in [7, 11) is 1.67. The van der Waals surface area contributed by atoms with Crippen LogP contribution in [-0.2, 0) is 11.3 Å². The molecule has 0 aliphatic carbocycles. The fourth-order valence-electron chi connectivity index (χ4n) is 2.76. The molecule has 0 fully saturated rings. The number of halogens is 2. The highest BCUT2D eigenvalue weighted by atomic mass is 35.5. The van der Waals surface area contributed by atoms with E-state index in [0.29, 0.717) is 39.5 Å². The molecule has 8 heteroatoms. The lowest BCUT2D eigenvalue weighted by Crippen LogP contribution is -2.39. The Morgan fingerprint density at radius 1 is 1.21 bits per heavy atom. The number of carbonyl (C=O) groups is 1. The van der Waals surface area contributed by atoms with Crippen molar-refractivity contribution in [3.05, 3.63) is 64.0 Å². The number of carbonyl (C=O) groups excluding carboxylic acids is 1. The van der Waals surface area contributed by atoms with Crippen LogP contribution in [0.3, 0.4) is 0 Å². The number of aryl methyl sites for hydroxylation is 1. The Morgan fingerprint density at radius 3 is 2.66 bits per heavy atom. The predicted octanol–water partition coefficient (Wildman–Crippen LogP) is 5.17. The fourth-order valence-corrected chi connectivity index (χ4v) is 3.10. The maximum atomic E-state index is 12.8. The van der Waals surface area contributed by atoms with E-state index in [1.807, 2.05) is 32.0 Å². The average Bonchev–Trinajstić information content (AvgIpc) is 3.16. The third kappa shape index (κ3) is 5.08. The second-order valence-corrected chi connectivity index (χ2v) is 7.43. The lowest BCUT2D eigenvalue weighted by molar-refractivity contribution is -0.138. The van der Waals surface area contributed by atoms with Crippen LogP contribution in [0.2, 0.25) is 10.0 Å². The molecule has 0 aliphatic rings. The first-order valence-corrected chi connectivity index (χ1v) is 9.90. The molecule has 0 bridgehead atoms. The largest absolute Gasteiger partial charge is 0.481 e. The first-order chi connectivity index (χ1) is 13.9. The molecular formula is C21H21Cl2N3O3. The summed E-state index contributed by atoms with van der Waals surface area (Å²) >= 11 is 12.2. The van der Waals surface area contributed by atoms with Gasteiger partial charge in [-0.3, -0.25) is 4.79 Å². The van der Waals surface area contributed by atoms with Gasteiger partial charge in [-0.2, -0.15) is 4.98 Å². The van der Waals surface area contributed by atoms with Crippen LogP contribution in [0.1, 0.15) is 24.8 Å². The van der Waals surface area contributed by atoms with Gasteiger partial charge in [-0.15, -0.1) is 0 Å². The lowest BCUT2D eigenvalue weighted by Gasteiger charge is -2.23. The number of amides is 1. The van der Waals surface area contributed by atoms with Crippen LogP contribution in [0.25, 0.3) is 11.4 Å². The summed E-state index contributed by atoms with van der Waals surface area (Å²) in [4.78, 5) is 18.7. The van der Waals surface area contributed by atoms with Crippen molar-refractivity contribution < 1.29 is 14.1 Å². The first kappa shape index (κ1) is 21.1. The molecule has 0 saturated carbocycles. The summed E-state index contributed by atoms with van der Waals surface area (Å²) in [5.41, 5.74) is 1.56. The highest BCUT2D eigenvalue weighted by Gasteiger charge is 2.24. The van der Waals surface area contributed by atoms with Gasteiger partial charge in [0.25, 0.3) is 5.91 Å². The van der Waals surface area contributed by atoms with E-state index in [1.54, 1.807) is 31.3 Å². The molecular weight excluding hydrogens is 413 g/mol. The van der Waals surface area contributed by atoms with Gasteiger partial charge in [0.2, 0.25) is 11.7 Å². The van der Waals surface area contributed by atoms with Crippen molar-refractivity contribution in [3.8, 4) is 17.1 Å². The third-order valence-electron chi connectivity index (χ3n) is 4.39. The van der Waals surface area contributed by atoms with E-state index in [0.717, 1.165) is 5.56 Å². The van der Waals surface area contributed by atoms with Gasteiger partial charge in [-0.1, -0.05) is 47.4 Å². The number of hydrogen-bond acceptors (Lipinski definition) is 5. The summed E-state index contributed by atoms with van der Waals surface area (Å²) in [6.45, 7) is 3.94. The van der Waals surface area contributed by atoms with E-state index < -0.39 is 6.10 Å². The van der Waals surface area contributed by atoms with Crippen molar-refractivity contribution in [1.29, 1.82) is 0 Å². The minimum Gasteiger partial charge on any atom is -0.481 e. The number of benzene rings is 2. The molecule has 0 radical (unpaired) electrons. The molecule has 6 nitrogen and oxygen atoms in total. The highest BCUT2D eigenvalue weighted by Crippen LogP contribution is 2.25. The van der Waals surface area contributed by atoms with Crippen molar-refractivity contribution in [1.82, 2.24) is 15.0 Å². The average molecular weight is 434 g/mol. The van der Waals surface area contributed by atoms with E-state index in [1.165, 1.54) is 4.90 Å². The Morgan fingerprint density at radius 2 is 1.97 bits per heavy atom. The second-order valence-electron chi connectivity index (χ2n) is 6.61. The number of likely N-dealkylation sites (N-methyl/N-ethyl adjacent to an activating group) is 1. The Kier molecular flexibility index (Phi) is 6.77. The molecule has 1 unspecified atom stereocenters. The molecule has 1 atom stereocenters. The van der Waals surface area contributed by atoms with Crippen LogP contribution in [-0.4, -0.2) is 34.1 Å². The summed E-state index contributed by atoms with van der Waals surface area (Å²) in [6, 6.07) is 12.5. The van der Waals surface area contributed by atoms with Crippen LogP contribution in [0.4, 0.5) is 0 Å². The van der Waals surface area contributed by atoms with Crippen molar-refractivity contribution in [2.75, 3.05) is 7.05 Å². The molecule has 0 spiro atoms. The van der Waals surface area contributed by atoms with E-state index in [2.05, 4.69) is 10.1 Å². The zero-order valence-corrected chi connectivity index (χ0v) is 17.9. The van der Waals surface area contributed by atoms with Gasteiger partial charge in [0.05, 0.1) is 11.6 Å². The van der Waals surface area contributed by atoms with E-state index in [4.69, 9.17) is 32.5 Å². The van der Waals surface area contributed by atoms with Crippen LogP contribution >= 0.6 is 23.2 Å². The maximum Gasteiger partial charge on any atom is 0.263 e. The smallest absolute Gasteiger partial charge is 0.263 e. The van der Waals surface area contributed by atoms with Crippen LogP contribution in [0.5, 0.6) is 5.75 Å². The minimum absolute atomic E-state index is 0.162. The normalized spacial score (nSPS) is 11.9. The van der Waals surface area contributed by atoms with Crippen LogP contribution < -0.4 is 4.74 Å². The summed E-state index contributed by atoms with van der Waals surface area (Å²) in [6.07, 6.45) is -0.119. The van der Waals surface area contributed by atoms with Crippen molar-refractivity contribution in [2.24, 2.45) is 0 Å².